The number of aryl methyl sites for hydroxylation is 2. The summed E-state index contributed by atoms with van der Waals surface area (Å²) in [4.78, 5) is 12.7. The number of amides is 1. The largest absolute Gasteiger partial charge is 0.389 e. The van der Waals surface area contributed by atoms with E-state index in [1.54, 1.807) is 36.9 Å². The van der Waals surface area contributed by atoms with Crippen LogP contribution in [0.4, 0.5) is 5.69 Å². The molecule has 0 unspecified atom stereocenters. The number of halogens is 1. The van der Waals surface area contributed by atoms with E-state index in [0.29, 0.717) is 27.5 Å². The van der Waals surface area contributed by atoms with Gasteiger partial charge in [0.15, 0.2) is 0 Å². The molecule has 0 aliphatic rings. The van der Waals surface area contributed by atoms with Crippen LogP contribution >= 0.6 is 23.8 Å². The molecule has 21 heavy (non-hydrogen) atoms. The fraction of sp³-hybridized carbons (Fsp3) is 0.214. The van der Waals surface area contributed by atoms with Crippen molar-refractivity contribution in [1.82, 2.24) is 9.78 Å². The number of hydrogen-bond donors (Lipinski definition) is 2. The monoisotopic (exact) mass is 322 g/mol. The number of carbonyl (C=O) groups excluding carboxylic acids is 1. The first-order valence-corrected chi connectivity index (χ1v) is 7.00. The SMILES string of the molecule is Cc1nn(C)c(C)c1C(=O)Nc1cc(Cl)ccc1C(N)=S. The van der Waals surface area contributed by atoms with E-state index in [4.69, 9.17) is 29.6 Å². The molecule has 0 aliphatic carbocycles. The Labute approximate surface area is 133 Å². The van der Waals surface area contributed by atoms with Gasteiger partial charge in [0, 0.05) is 23.3 Å². The summed E-state index contributed by atoms with van der Waals surface area (Å²) in [5.41, 5.74) is 8.70. The quantitative estimate of drug-likeness (QED) is 0.852. The zero-order chi connectivity index (χ0) is 15.7. The maximum absolute atomic E-state index is 12.5. The van der Waals surface area contributed by atoms with Gasteiger partial charge in [-0.3, -0.25) is 9.48 Å². The highest BCUT2D eigenvalue weighted by molar-refractivity contribution is 7.80. The van der Waals surface area contributed by atoms with E-state index < -0.39 is 0 Å². The lowest BCUT2D eigenvalue weighted by Crippen LogP contribution is -2.18. The van der Waals surface area contributed by atoms with Gasteiger partial charge in [0.05, 0.1) is 16.9 Å². The summed E-state index contributed by atoms with van der Waals surface area (Å²) < 4.78 is 1.66. The number of anilines is 1. The lowest BCUT2D eigenvalue weighted by molar-refractivity contribution is 0.102. The van der Waals surface area contributed by atoms with Crippen molar-refractivity contribution in [3.8, 4) is 0 Å². The second-order valence-electron chi connectivity index (χ2n) is 4.68. The number of thiocarbonyl (C=S) groups is 1. The second-order valence-corrected chi connectivity index (χ2v) is 5.55. The van der Waals surface area contributed by atoms with Gasteiger partial charge >= 0.3 is 0 Å². The summed E-state index contributed by atoms with van der Waals surface area (Å²) in [5.74, 6) is -0.266. The van der Waals surface area contributed by atoms with Crippen molar-refractivity contribution in [1.29, 1.82) is 0 Å². The lowest BCUT2D eigenvalue weighted by atomic mass is 10.1. The van der Waals surface area contributed by atoms with E-state index in [1.807, 2.05) is 6.92 Å². The Balaban J connectivity index is 2.40. The fourth-order valence-electron chi connectivity index (χ4n) is 2.12. The summed E-state index contributed by atoms with van der Waals surface area (Å²) in [6.45, 7) is 3.62. The minimum atomic E-state index is -0.266. The molecule has 1 amide bonds. The maximum atomic E-state index is 12.5. The number of benzene rings is 1. The van der Waals surface area contributed by atoms with Crippen molar-refractivity contribution in [3.05, 3.63) is 45.7 Å². The second kappa shape index (κ2) is 5.83. The van der Waals surface area contributed by atoms with E-state index in [2.05, 4.69) is 10.4 Å². The number of hydrogen-bond acceptors (Lipinski definition) is 3. The Morgan fingerprint density at radius 1 is 1.43 bits per heavy atom. The normalized spacial score (nSPS) is 10.5. The van der Waals surface area contributed by atoms with Crippen LogP contribution in [0.1, 0.15) is 27.3 Å². The molecule has 5 nitrogen and oxygen atoms in total. The van der Waals surface area contributed by atoms with Crippen LogP contribution in [0.25, 0.3) is 0 Å². The predicted octanol–water partition coefficient (Wildman–Crippen LogP) is 2.58. The summed E-state index contributed by atoms with van der Waals surface area (Å²) >= 11 is 11.0. The van der Waals surface area contributed by atoms with E-state index >= 15 is 0 Å². The molecule has 0 aliphatic heterocycles. The van der Waals surface area contributed by atoms with Crippen molar-refractivity contribution in [2.75, 3.05) is 5.32 Å². The third-order valence-electron chi connectivity index (χ3n) is 3.23. The predicted molar refractivity (Wildman–Crippen MR) is 88.0 cm³/mol. The Hall–Kier alpha value is -1.92. The Morgan fingerprint density at radius 3 is 2.62 bits per heavy atom. The zero-order valence-electron chi connectivity index (χ0n) is 11.9. The summed E-state index contributed by atoms with van der Waals surface area (Å²) in [6, 6.07) is 4.98. The molecule has 1 heterocycles. The first-order valence-electron chi connectivity index (χ1n) is 6.22. The standard InChI is InChI=1S/C14H15ClN4OS/c1-7-12(8(2)19(3)18-7)14(20)17-11-6-9(15)4-5-10(11)13(16)21/h4-6H,1-3H3,(H2,16,21)(H,17,20). The van der Waals surface area contributed by atoms with Crippen LogP contribution in [-0.4, -0.2) is 20.7 Å². The number of aromatic nitrogens is 2. The average Bonchev–Trinajstić information content (AvgIpc) is 2.62. The van der Waals surface area contributed by atoms with E-state index in [9.17, 15) is 4.79 Å². The highest BCUT2D eigenvalue weighted by atomic mass is 35.5. The van der Waals surface area contributed by atoms with Crippen LogP contribution in [0, 0.1) is 13.8 Å². The van der Waals surface area contributed by atoms with Gasteiger partial charge in [0.1, 0.15) is 4.99 Å². The van der Waals surface area contributed by atoms with Crippen LogP contribution < -0.4 is 11.1 Å². The Kier molecular flexibility index (Phi) is 4.29. The Bertz CT molecular complexity index is 739. The van der Waals surface area contributed by atoms with Gasteiger partial charge < -0.3 is 11.1 Å². The van der Waals surface area contributed by atoms with Gasteiger partial charge in [0.2, 0.25) is 0 Å². The minimum Gasteiger partial charge on any atom is -0.389 e. The smallest absolute Gasteiger partial charge is 0.259 e. The summed E-state index contributed by atoms with van der Waals surface area (Å²) in [6.07, 6.45) is 0. The maximum Gasteiger partial charge on any atom is 0.259 e. The summed E-state index contributed by atoms with van der Waals surface area (Å²) in [5, 5.41) is 7.52. The molecule has 0 saturated heterocycles. The lowest BCUT2D eigenvalue weighted by Gasteiger charge is -2.11. The first kappa shape index (κ1) is 15.5. The highest BCUT2D eigenvalue weighted by Gasteiger charge is 2.19. The van der Waals surface area contributed by atoms with Gasteiger partial charge in [-0.05, 0) is 32.0 Å². The molecule has 1 aromatic heterocycles. The van der Waals surface area contributed by atoms with Crippen LogP contribution in [0.2, 0.25) is 5.02 Å². The number of rotatable bonds is 3. The van der Waals surface area contributed by atoms with Crippen molar-refractivity contribution in [3.63, 3.8) is 0 Å². The van der Waals surface area contributed by atoms with Crippen molar-refractivity contribution in [2.24, 2.45) is 12.8 Å². The van der Waals surface area contributed by atoms with Gasteiger partial charge in [-0.1, -0.05) is 23.8 Å². The number of carbonyl (C=O) groups is 1. The molecule has 2 aromatic rings. The molecular formula is C14H15ClN4OS. The molecule has 0 spiro atoms. The molecule has 0 fully saturated rings. The van der Waals surface area contributed by atoms with Gasteiger partial charge in [-0.2, -0.15) is 5.10 Å². The molecule has 7 heteroatoms. The molecule has 0 radical (unpaired) electrons. The van der Waals surface area contributed by atoms with Crippen LogP contribution in [-0.2, 0) is 7.05 Å². The molecular weight excluding hydrogens is 308 g/mol. The van der Waals surface area contributed by atoms with E-state index in [-0.39, 0.29) is 10.9 Å². The minimum absolute atomic E-state index is 0.196. The van der Waals surface area contributed by atoms with Gasteiger partial charge in [0.25, 0.3) is 5.91 Å². The molecule has 0 saturated carbocycles. The van der Waals surface area contributed by atoms with Crippen molar-refractivity contribution < 1.29 is 4.79 Å². The molecule has 1 aromatic carbocycles. The molecule has 110 valence electrons. The van der Waals surface area contributed by atoms with Gasteiger partial charge in [-0.25, -0.2) is 0 Å². The van der Waals surface area contributed by atoms with Crippen molar-refractivity contribution >= 4 is 40.4 Å². The van der Waals surface area contributed by atoms with Crippen molar-refractivity contribution in [2.45, 2.75) is 13.8 Å². The third kappa shape index (κ3) is 3.06. The fourth-order valence-corrected chi connectivity index (χ4v) is 2.47. The number of nitrogens with zero attached hydrogens (tertiary/aromatic N) is 2. The average molecular weight is 323 g/mol. The third-order valence-corrected chi connectivity index (χ3v) is 3.69. The van der Waals surface area contributed by atoms with E-state index in [1.165, 1.54) is 0 Å². The van der Waals surface area contributed by atoms with Crippen LogP contribution in [0.5, 0.6) is 0 Å². The first-order chi connectivity index (χ1) is 9.81. The molecule has 0 atom stereocenters. The van der Waals surface area contributed by atoms with Crippen LogP contribution in [0.15, 0.2) is 18.2 Å². The number of nitrogens with two attached hydrogens (primary N) is 1. The topological polar surface area (TPSA) is 72.9 Å². The summed E-state index contributed by atoms with van der Waals surface area (Å²) in [7, 11) is 1.79. The van der Waals surface area contributed by atoms with E-state index in [0.717, 1.165) is 5.69 Å². The molecule has 2 rings (SSSR count). The number of nitrogens with one attached hydrogen (secondary N) is 1. The Morgan fingerprint density at radius 2 is 2.10 bits per heavy atom. The molecule has 3 N–H and O–H groups in total. The molecule has 0 bridgehead atoms. The zero-order valence-corrected chi connectivity index (χ0v) is 13.5. The van der Waals surface area contributed by atoms with Crippen LogP contribution in [0.3, 0.4) is 0 Å². The van der Waals surface area contributed by atoms with Gasteiger partial charge in [-0.15, -0.1) is 0 Å². The highest BCUT2D eigenvalue weighted by Crippen LogP contribution is 2.23.